The molecule has 3 aliphatic rings. The Bertz CT molecular complexity index is 1430. The lowest BCUT2D eigenvalue weighted by Gasteiger charge is -2.50. The van der Waals surface area contributed by atoms with E-state index in [1.165, 1.54) is 19.3 Å². The van der Waals surface area contributed by atoms with Crippen molar-refractivity contribution in [1.82, 2.24) is 30.2 Å². The van der Waals surface area contributed by atoms with E-state index in [4.69, 9.17) is 9.47 Å². The number of nitrogens with one attached hydrogen (secondary N) is 2. The Labute approximate surface area is 283 Å². The third-order valence-corrected chi connectivity index (χ3v) is 9.78. The Morgan fingerprint density at radius 2 is 1.75 bits per heavy atom. The summed E-state index contributed by atoms with van der Waals surface area (Å²) >= 11 is 0. The highest BCUT2D eigenvalue weighted by atomic mass is 16.6. The van der Waals surface area contributed by atoms with Gasteiger partial charge in [-0.3, -0.25) is 28.8 Å². The summed E-state index contributed by atoms with van der Waals surface area (Å²) in [6.07, 6.45) is 8.62. The second-order valence-electron chi connectivity index (χ2n) is 14.9. The van der Waals surface area contributed by atoms with Gasteiger partial charge in [0.25, 0.3) is 5.91 Å². The first-order valence-corrected chi connectivity index (χ1v) is 17.3. The molecule has 3 heterocycles. The zero-order valence-corrected chi connectivity index (χ0v) is 29.1. The molecule has 1 aromatic heterocycles. The molecule has 5 rings (SSSR count). The predicted octanol–water partition coefficient (Wildman–Crippen LogP) is 2.86. The molecule has 3 atom stereocenters. The second kappa shape index (κ2) is 15.2. The fourth-order valence-electron chi connectivity index (χ4n) is 7.37. The maximum absolute atomic E-state index is 14.1. The highest BCUT2D eigenvalue weighted by Crippen LogP contribution is 2.44. The Kier molecular flexibility index (Phi) is 11.2. The van der Waals surface area contributed by atoms with Crippen molar-refractivity contribution in [2.24, 2.45) is 17.3 Å². The van der Waals surface area contributed by atoms with E-state index >= 15 is 0 Å². The first-order chi connectivity index (χ1) is 22.9. The van der Waals surface area contributed by atoms with Crippen molar-refractivity contribution < 1.29 is 28.7 Å². The van der Waals surface area contributed by atoms with E-state index < -0.39 is 29.1 Å². The summed E-state index contributed by atoms with van der Waals surface area (Å²) in [7, 11) is 1.55. The van der Waals surface area contributed by atoms with Gasteiger partial charge in [0, 0.05) is 51.4 Å². The van der Waals surface area contributed by atoms with Gasteiger partial charge in [-0.25, -0.2) is 0 Å². The van der Waals surface area contributed by atoms with E-state index in [9.17, 15) is 19.2 Å². The summed E-state index contributed by atoms with van der Waals surface area (Å²) in [5.41, 5.74) is 0.328. The van der Waals surface area contributed by atoms with E-state index in [1.807, 2.05) is 62.9 Å². The average molecular weight is 665 g/mol. The van der Waals surface area contributed by atoms with E-state index in [0.29, 0.717) is 44.3 Å². The number of amides is 3. The molecule has 2 saturated heterocycles. The van der Waals surface area contributed by atoms with Crippen molar-refractivity contribution in [2.75, 3.05) is 46.4 Å². The van der Waals surface area contributed by atoms with Crippen LogP contribution in [0, 0.1) is 17.3 Å². The largest absolute Gasteiger partial charge is 0.459 e. The minimum atomic E-state index is -0.887. The molecule has 12 heteroatoms. The number of hydrogen-bond donors (Lipinski definition) is 2. The molecule has 262 valence electrons. The van der Waals surface area contributed by atoms with Crippen molar-refractivity contribution >= 4 is 23.7 Å². The van der Waals surface area contributed by atoms with Crippen LogP contribution in [-0.4, -0.2) is 107 Å². The standard InChI is InChI=1S/C36H52N6O6/c1-25(47-21-27-14-10-7-11-15-27)31(33(45)37-5)39-32(44)29-19-41(24-36(29)22-40(23-36)20-30(43)48-35(2,3)4)34(46)28-16-38-42(18-28)17-26-12-8-6-9-13-26/h6,8-9,12-13,16,18,25,27,29,31H,7,10-11,14-15,17,19-24H2,1-5H3,(H,37,45)(H,39,44)/t25-,29+,31+/m1/s1. The number of esters is 1. The van der Waals surface area contributed by atoms with Gasteiger partial charge in [0.1, 0.15) is 11.6 Å². The van der Waals surface area contributed by atoms with Crippen LogP contribution in [-0.2, 0) is 30.4 Å². The molecule has 48 heavy (non-hydrogen) atoms. The molecule has 1 aromatic carbocycles. The predicted molar refractivity (Wildman–Crippen MR) is 180 cm³/mol. The molecule has 3 amide bonds. The molecule has 2 aromatic rings. The molecule has 2 N–H and O–H groups in total. The third-order valence-electron chi connectivity index (χ3n) is 9.78. The van der Waals surface area contributed by atoms with Gasteiger partial charge < -0.3 is 25.0 Å². The molecule has 0 radical (unpaired) electrons. The SMILES string of the molecule is CNC(=O)[C@@H](NC(=O)[C@@H]1CN(C(=O)c2cnn(Cc3ccccc3)c2)CC12CN(CC(=O)OC(C)(C)C)C2)[C@@H](C)OCC1CCCCC1. The normalized spacial score (nSPS) is 20.9. The number of ether oxygens (including phenoxy) is 2. The van der Waals surface area contributed by atoms with Crippen LogP contribution in [0.1, 0.15) is 75.7 Å². The molecule has 1 aliphatic carbocycles. The van der Waals surface area contributed by atoms with Crippen LogP contribution >= 0.6 is 0 Å². The zero-order valence-electron chi connectivity index (χ0n) is 29.1. The number of aromatic nitrogens is 2. The van der Waals surface area contributed by atoms with Gasteiger partial charge in [0.15, 0.2) is 0 Å². The number of likely N-dealkylation sites (N-methyl/N-ethyl adjacent to an activating group) is 1. The number of nitrogens with zero attached hydrogens (tertiary/aromatic N) is 4. The van der Waals surface area contributed by atoms with E-state index in [0.717, 1.165) is 18.4 Å². The minimum absolute atomic E-state index is 0.0977. The monoisotopic (exact) mass is 664 g/mol. The van der Waals surface area contributed by atoms with Gasteiger partial charge in [-0.1, -0.05) is 49.6 Å². The second-order valence-corrected chi connectivity index (χ2v) is 14.9. The van der Waals surface area contributed by atoms with Gasteiger partial charge in [-0.2, -0.15) is 5.10 Å². The van der Waals surface area contributed by atoms with Crippen LogP contribution in [0.15, 0.2) is 42.7 Å². The summed E-state index contributed by atoms with van der Waals surface area (Å²) in [6, 6.07) is 9.00. The first kappa shape index (κ1) is 35.5. The summed E-state index contributed by atoms with van der Waals surface area (Å²) in [6.45, 7) is 9.91. The highest BCUT2D eigenvalue weighted by Gasteiger charge is 2.58. The van der Waals surface area contributed by atoms with Crippen LogP contribution in [0.25, 0.3) is 0 Å². The number of benzene rings is 1. The molecule has 0 unspecified atom stereocenters. The lowest BCUT2D eigenvalue weighted by molar-refractivity contribution is -0.160. The van der Waals surface area contributed by atoms with Crippen molar-refractivity contribution in [3.8, 4) is 0 Å². The molecule has 1 spiro atoms. The Morgan fingerprint density at radius 1 is 1.04 bits per heavy atom. The van der Waals surface area contributed by atoms with Gasteiger partial charge in [-0.05, 0) is 52.0 Å². The van der Waals surface area contributed by atoms with Gasteiger partial charge >= 0.3 is 5.97 Å². The highest BCUT2D eigenvalue weighted by molar-refractivity contribution is 5.95. The molecule has 0 bridgehead atoms. The van der Waals surface area contributed by atoms with Crippen LogP contribution in [0.2, 0.25) is 0 Å². The molecular formula is C36H52N6O6. The number of likely N-dealkylation sites (tertiary alicyclic amines) is 2. The Hall–Kier alpha value is -3.77. The first-order valence-electron chi connectivity index (χ1n) is 17.3. The summed E-state index contributed by atoms with van der Waals surface area (Å²) in [5.74, 6) is -1.30. The molecular weight excluding hydrogens is 612 g/mol. The molecule has 12 nitrogen and oxygen atoms in total. The van der Waals surface area contributed by atoms with Crippen LogP contribution < -0.4 is 10.6 Å². The molecule has 2 aliphatic heterocycles. The quantitative estimate of drug-likeness (QED) is 0.331. The number of carbonyl (C=O) groups excluding carboxylic acids is 4. The fourth-order valence-corrected chi connectivity index (χ4v) is 7.37. The van der Waals surface area contributed by atoms with Crippen LogP contribution in [0.5, 0.6) is 0 Å². The Morgan fingerprint density at radius 3 is 2.42 bits per heavy atom. The van der Waals surface area contributed by atoms with E-state index in [2.05, 4.69) is 15.7 Å². The van der Waals surface area contributed by atoms with Gasteiger partial charge in [0.05, 0.1) is 36.9 Å². The van der Waals surface area contributed by atoms with Crippen LogP contribution in [0.3, 0.4) is 0 Å². The fraction of sp³-hybridized carbons (Fsp3) is 0.639. The molecule has 3 fully saturated rings. The number of hydrogen-bond acceptors (Lipinski definition) is 8. The van der Waals surface area contributed by atoms with Gasteiger partial charge in [0.2, 0.25) is 11.8 Å². The van der Waals surface area contributed by atoms with Crippen molar-refractivity contribution in [2.45, 2.75) is 84.1 Å². The Balaban J connectivity index is 1.29. The zero-order chi connectivity index (χ0) is 34.5. The summed E-state index contributed by atoms with van der Waals surface area (Å²) < 4.78 is 13.4. The lowest BCUT2D eigenvalue weighted by Crippen LogP contribution is -2.64. The van der Waals surface area contributed by atoms with Gasteiger partial charge in [-0.15, -0.1) is 0 Å². The van der Waals surface area contributed by atoms with E-state index in [-0.39, 0.29) is 36.8 Å². The topological polar surface area (TPSA) is 135 Å². The van der Waals surface area contributed by atoms with E-state index in [1.54, 1.807) is 29.0 Å². The minimum Gasteiger partial charge on any atom is -0.459 e. The molecule has 1 saturated carbocycles. The lowest BCUT2D eigenvalue weighted by atomic mass is 9.71. The average Bonchev–Trinajstić information content (AvgIpc) is 3.67. The summed E-state index contributed by atoms with van der Waals surface area (Å²) in [4.78, 5) is 57.2. The number of rotatable bonds is 12. The van der Waals surface area contributed by atoms with Crippen molar-refractivity contribution in [1.29, 1.82) is 0 Å². The maximum atomic E-state index is 14.1. The third kappa shape index (κ3) is 8.82. The van der Waals surface area contributed by atoms with Crippen molar-refractivity contribution in [3.05, 3.63) is 53.9 Å². The van der Waals surface area contributed by atoms with Crippen LogP contribution in [0.4, 0.5) is 0 Å². The number of carbonyl (C=O) groups is 4. The smallest absolute Gasteiger partial charge is 0.320 e. The summed E-state index contributed by atoms with van der Waals surface area (Å²) in [5, 5.41) is 10.1. The maximum Gasteiger partial charge on any atom is 0.320 e. The van der Waals surface area contributed by atoms with Crippen molar-refractivity contribution in [3.63, 3.8) is 0 Å².